The molecule has 0 aliphatic rings. The second-order valence-electron chi connectivity index (χ2n) is 12.0. The lowest BCUT2D eigenvalue weighted by Gasteiger charge is -2.20. The summed E-state index contributed by atoms with van der Waals surface area (Å²) in [6, 6.07) is 57.3. The molecule has 0 unspecified atom stereocenters. The van der Waals surface area contributed by atoms with Gasteiger partial charge in [0.2, 0.25) is 0 Å². The van der Waals surface area contributed by atoms with Gasteiger partial charge in [-0.1, -0.05) is 133 Å². The third-order valence-corrected chi connectivity index (χ3v) is 10.7. The van der Waals surface area contributed by atoms with Gasteiger partial charge in [0.1, 0.15) is 5.58 Å². The summed E-state index contributed by atoms with van der Waals surface area (Å²) < 4.78 is 8.91. The highest BCUT2D eigenvalue weighted by molar-refractivity contribution is 7.26. The Bertz CT molecular complexity index is 2750. The maximum atomic E-state index is 6.44. The van der Waals surface area contributed by atoms with Crippen molar-refractivity contribution in [2.24, 2.45) is 0 Å². The molecule has 0 atom stereocenters. The van der Waals surface area contributed by atoms with Crippen LogP contribution in [0.5, 0.6) is 0 Å². The summed E-state index contributed by atoms with van der Waals surface area (Å²) in [6.07, 6.45) is 0. The molecule has 0 bridgehead atoms. The quantitative estimate of drug-likeness (QED) is 0.183. The van der Waals surface area contributed by atoms with E-state index in [0.29, 0.717) is 0 Å². The highest BCUT2D eigenvalue weighted by atomic mass is 32.1. The van der Waals surface area contributed by atoms with Gasteiger partial charge in [-0.15, -0.1) is 11.3 Å². The van der Waals surface area contributed by atoms with Crippen LogP contribution in [0.4, 0.5) is 0 Å². The largest absolute Gasteiger partial charge is 0.454 e. The summed E-state index contributed by atoms with van der Waals surface area (Å²) in [4.78, 5) is 0. The molecule has 1 nitrogen and oxygen atoms in total. The molecule has 0 aliphatic carbocycles. The van der Waals surface area contributed by atoms with Gasteiger partial charge in [0.05, 0.1) is 4.70 Å². The molecule has 10 aromatic rings. The molecule has 0 amide bonds. The van der Waals surface area contributed by atoms with Gasteiger partial charge in [-0.05, 0) is 90.0 Å². The maximum Gasteiger partial charge on any atom is 0.154 e. The van der Waals surface area contributed by atoms with E-state index in [0.717, 1.165) is 11.2 Å². The number of hydrogen-bond acceptors (Lipinski definition) is 2. The van der Waals surface area contributed by atoms with Gasteiger partial charge in [0.25, 0.3) is 0 Å². The zero-order valence-corrected chi connectivity index (χ0v) is 25.6. The molecule has 0 saturated carbocycles. The number of thiophene rings is 1. The molecule has 2 aromatic heterocycles. The second kappa shape index (κ2) is 9.90. The first kappa shape index (κ1) is 25.6. The topological polar surface area (TPSA) is 13.1 Å². The number of benzene rings is 8. The van der Waals surface area contributed by atoms with E-state index >= 15 is 0 Å². The Balaban J connectivity index is 1.28. The van der Waals surface area contributed by atoms with Crippen LogP contribution >= 0.6 is 11.3 Å². The van der Waals surface area contributed by atoms with Crippen LogP contribution in [-0.2, 0) is 0 Å². The normalized spacial score (nSPS) is 11.9. The fourth-order valence-electron chi connectivity index (χ4n) is 7.49. The molecule has 0 spiro atoms. The number of para-hydroxylation sites is 1. The summed E-state index contributed by atoms with van der Waals surface area (Å²) in [5.74, 6) is 0. The standard InChI is InChI=1S/C44H26OS/c1-2-14-29-27(12-1)13-11-22-30(29)31-15-3-4-16-32(31)42-35-19-7-5-17-33(35)41(34-18-6-8-20-36(34)42)28-24-25-40-38(26-28)43-44(46-40)37-21-9-10-23-39(37)45-43/h1-26H. The zero-order chi connectivity index (χ0) is 30.2. The fraction of sp³-hybridized carbons (Fsp3) is 0. The van der Waals surface area contributed by atoms with Gasteiger partial charge in [0.15, 0.2) is 5.58 Å². The Morgan fingerprint density at radius 1 is 0.391 bits per heavy atom. The van der Waals surface area contributed by atoms with E-state index in [4.69, 9.17) is 4.42 Å². The number of furan rings is 1. The van der Waals surface area contributed by atoms with Crippen LogP contribution in [0.15, 0.2) is 162 Å². The van der Waals surface area contributed by atoms with Crippen LogP contribution in [0, 0.1) is 0 Å². The highest BCUT2D eigenvalue weighted by Crippen LogP contribution is 2.48. The predicted molar refractivity (Wildman–Crippen MR) is 198 cm³/mol. The second-order valence-corrected chi connectivity index (χ2v) is 13.0. The van der Waals surface area contributed by atoms with E-state index in [1.807, 2.05) is 17.4 Å². The van der Waals surface area contributed by atoms with Crippen LogP contribution in [0.1, 0.15) is 0 Å². The van der Waals surface area contributed by atoms with Crippen molar-refractivity contribution in [3.05, 3.63) is 158 Å². The zero-order valence-electron chi connectivity index (χ0n) is 24.8. The summed E-state index contributed by atoms with van der Waals surface area (Å²) in [5, 5.41) is 9.88. The van der Waals surface area contributed by atoms with Gasteiger partial charge in [-0.3, -0.25) is 0 Å². The van der Waals surface area contributed by atoms with Crippen molar-refractivity contribution >= 4 is 75.0 Å². The van der Waals surface area contributed by atoms with Crippen molar-refractivity contribution < 1.29 is 4.42 Å². The molecule has 0 N–H and O–H groups in total. The highest BCUT2D eigenvalue weighted by Gasteiger charge is 2.21. The van der Waals surface area contributed by atoms with E-state index in [1.165, 1.54) is 85.9 Å². The molecule has 0 aliphatic heterocycles. The average Bonchev–Trinajstić information content (AvgIpc) is 3.66. The molecule has 46 heavy (non-hydrogen) atoms. The molecule has 2 heterocycles. The first-order chi connectivity index (χ1) is 22.8. The van der Waals surface area contributed by atoms with Gasteiger partial charge >= 0.3 is 0 Å². The SMILES string of the molecule is c1ccc(-c2c3ccccc3c(-c3ccc4sc5c6ccccc6oc5c4c3)c3ccccc23)c(-c2cccc3ccccc23)c1. The van der Waals surface area contributed by atoms with Gasteiger partial charge in [-0.25, -0.2) is 0 Å². The smallest absolute Gasteiger partial charge is 0.154 e. The van der Waals surface area contributed by atoms with Crippen molar-refractivity contribution in [2.75, 3.05) is 0 Å². The summed E-state index contributed by atoms with van der Waals surface area (Å²) in [6.45, 7) is 0. The lowest BCUT2D eigenvalue weighted by atomic mass is 9.83. The lowest BCUT2D eigenvalue weighted by molar-refractivity contribution is 0.673. The van der Waals surface area contributed by atoms with Crippen LogP contribution in [0.25, 0.3) is 97.0 Å². The van der Waals surface area contributed by atoms with Gasteiger partial charge in [0, 0.05) is 15.5 Å². The first-order valence-electron chi connectivity index (χ1n) is 15.7. The number of fused-ring (bicyclic) bond motifs is 8. The molecular formula is C44H26OS. The maximum absolute atomic E-state index is 6.44. The number of rotatable bonds is 3. The summed E-state index contributed by atoms with van der Waals surface area (Å²) >= 11 is 1.82. The third-order valence-electron chi connectivity index (χ3n) is 9.48. The Labute approximate surface area is 269 Å². The van der Waals surface area contributed by atoms with Gasteiger partial charge < -0.3 is 4.42 Å². The Morgan fingerprint density at radius 2 is 0.957 bits per heavy atom. The van der Waals surface area contributed by atoms with Crippen molar-refractivity contribution in [2.45, 2.75) is 0 Å². The van der Waals surface area contributed by atoms with Crippen molar-refractivity contribution in [3.8, 4) is 33.4 Å². The van der Waals surface area contributed by atoms with Crippen LogP contribution in [0.2, 0.25) is 0 Å². The fourth-order valence-corrected chi connectivity index (χ4v) is 8.63. The van der Waals surface area contributed by atoms with E-state index in [2.05, 4.69) is 152 Å². The van der Waals surface area contributed by atoms with Crippen LogP contribution in [0.3, 0.4) is 0 Å². The lowest BCUT2D eigenvalue weighted by Crippen LogP contribution is -1.93. The third kappa shape index (κ3) is 3.68. The monoisotopic (exact) mass is 602 g/mol. The Kier molecular flexibility index (Phi) is 5.51. The average molecular weight is 603 g/mol. The molecule has 8 aromatic carbocycles. The van der Waals surface area contributed by atoms with E-state index in [-0.39, 0.29) is 0 Å². The summed E-state index contributed by atoms with van der Waals surface area (Å²) in [7, 11) is 0. The molecule has 0 saturated heterocycles. The molecular weight excluding hydrogens is 577 g/mol. The minimum Gasteiger partial charge on any atom is -0.454 e. The van der Waals surface area contributed by atoms with Crippen LogP contribution in [-0.4, -0.2) is 0 Å². The minimum atomic E-state index is 0.946. The summed E-state index contributed by atoms with van der Waals surface area (Å²) in [5.41, 5.74) is 9.41. The number of hydrogen-bond donors (Lipinski definition) is 0. The molecule has 10 rings (SSSR count). The van der Waals surface area contributed by atoms with Crippen molar-refractivity contribution in [1.29, 1.82) is 0 Å². The Morgan fingerprint density at radius 3 is 1.72 bits per heavy atom. The van der Waals surface area contributed by atoms with Gasteiger partial charge in [-0.2, -0.15) is 0 Å². The molecule has 0 radical (unpaired) electrons. The van der Waals surface area contributed by atoms with E-state index in [9.17, 15) is 0 Å². The predicted octanol–water partition coefficient (Wildman–Crippen LogP) is 13.3. The van der Waals surface area contributed by atoms with E-state index in [1.54, 1.807) is 0 Å². The minimum absolute atomic E-state index is 0.946. The van der Waals surface area contributed by atoms with Crippen molar-refractivity contribution in [1.82, 2.24) is 0 Å². The molecule has 2 heteroatoms. The van der Waals surface area contributed by atoms with E-state index < -0.39 is 0 Å². The molecule has 0 fully saturated rings. The van der Waals surface area contributed by atoms with Crippen molar-refractivity contribution in [3.63, 3.8) is 0 Å². The Hall–Kier alpha value is -5.70. The molecule has 214 valence electrons. The first-order valence-corrected chi connectivity index (χ1v) is 16.5. The van der Waals surface area contributed by atoms with Crippen LogP contribution < -0.4 is 0 Å².